The Bertz CT molecular complexity index is 556. The van der Waals surface area contributed by atoms with Gasteiger partial charge in [0, 0.05) is 15.3 Å². The number of rotatable bonds is 3. The summed E-state index contributed by atoms with van der Waals surface area (Å²) in [6.07, 6.45) is 2.49. The fraction of sp³-hybridized carbons (Fsp3) is 0.294. The van der Waals surface area contributed by atoms with E-state index in [1.54, 1.807) is 0 Å². The van der Waals surface area contributed by atoms with Crippen LogP contribution in [0.5, 0.6) is 0 Å². The zero-order valence-corrected chi connectivity index (χ0v) is 13.2. The Morgan fingerprint density at radius 2 is 1.68 bits per heavy atom. The number of nitrogens with one attached hydrogen (secondary N) is 1. The van der Waals surface area contributed by atoms with Gasteiger partial charge >= 0.3 is 0 Å². The van der Waals surface area contributed by atoms with E-state index in [2.05, 4.69) is 83.4 Å². The Morgan fingerprint density at radius 3 is 2.37 bits per heavy atom. The van der Waals surface area contributed by atoms with Crippen LogP contribution in [-0.2, 0) is 0 Å². The number of benzene rings is 2. The molecule has 0 bridgehead atoms. The molecule has 0 aliphatic heterocycles. The van der Waals surface area contributed by atoms with Crippen LogP contribution >= 0.6 is 22.6 Å². The monoisotopic (exact) mass is 363 g/mol. The molecule has 0 saturated heterocycles. The lowest BCUT2D eigenvalue weighted by molar-refractivity contribution is 0.374. The first-order valence-electron chi connectivity index (χ1n) is 6.80. The third kappa shape index (κ3) is 2.94. The van der Waals surface area contributed by atoms with Crippen molar-refractivity contribution in [3.63, 3.8) is 0 Å². The molecule has 1 aliphatic rings. The summed E-state index contributed by atoms with van der Waals surface area (Å²) in [5.74, 6) is 0.736. The van der Waals surface area contributed by atoms with E-state index in [9.17, 15) is 0 Å². The molecule has 0 spiro atoms. The highest BCUT2D eigenvalue weighted by molar-refractivity contribution is 14.1. The first-order chi connectivity index (χ1) is 9.22. The average molecular weight is 363 g/mol. The Labute approximate surface area is 128 Å². The van der Waals surface area contributed by atoms with E-state index in [1.165, 1.54) is 33.2 Å². The van der Waals surface area contributed by atoms with Crippen LogP contribution in [0.4, 0.5) is 5.69 Å². The normalized spacial score (nSPS) is 21.8. The van der Waals surface area contributed by atoms with Crippen LogP contribution in [0.1, 0.15) is 29.9 Å². The van der Waals surface area contributed by atoms with Gasteiger partial charge in [0.25, 0.3) is 0 Å². The van der Waals surface area contributed by atoms with Gasteiger partial charge in [-0.05, 0) is 66.0 Å². The van der Waals surface area contributed by atoms with Gasteiger partial charge in [-0.15, -0.1) is 0 Å². The van der Waals surface area contributed by atoms with Crippen molar-refractivity contribution in [1.82, 2.24) is 0 Å². The lowest BCUT2D eigenvalue weighted by atomic mass is 9.75. The molecule has 1 fully saturated rings. The van der Waals surface area contributed by atoms with Gasteiger partial charge in [-0.3, -0.25) is 0 Å². The molecule has 2 aromatic rings. The lowest BCUT2D eigenvalue weighted by Gasteiger charge is -2.37. The number of halogens is 1. The quantitative estimate of drug-likeness (QED) is 0.761. The fourth-order valence-corrected chi connectivity index (χ4v) is 3.19. The van der Waals surface area contributed by atoms with Gasteiger partial charge < -0.3 is 5.32 Å². The second-order valence-electron chi connectivity index (χ2n) is 5.40. The molecule has 98 valence electrons. The molecule has 19 heavy (non-hydrogen) atoms. The number of hydrogen-bond acceptors (Lipinski definition) is 1. The van der Waals surface area contributed by atoms with Gasteiger partial charge in [-0.2, -0.15) is 0 Å². The van der Waals surface area contributed by atoms with Crippen molar-refractivity contribution in [2.45, 2.75) is 31.7 Å². The van der Waals surface area contributed by atoms with Crippen molar-refractivity contribution >= 4 is 28.3 Å². The largest absolute Gasteiger partial charge is 0.381 e. The highest BCUT2D eigenvalue weighted by Gasteiger charge is 2.30. The SMILES string of the molecule is Cc1ccc(C2CC(Nc3ccccc3I)C2)cc1. The molecule has 0 atom stereocenters. The van der Waals surface area contributed by atoms with Gasteiger partial charge in [0.05, 0.1) is 0 Å². The van der Waals surface area contributed by atoms with E-state index >= 15 is 0 Å². The molecular weight excluding hydrogens is 345 g/mol. The summed E-state index contributed by atoms with van der Waals surface area (Å²) in [6.45, 7) is 2.15. The first-order valence-corrected chi connectivity index (χ1v) is 7.88. The van der Waals surface area contributed by atoms with Crippen LogP contribution in [-0.4, -0.2) is 6.04 Å². The second kappa shape index (κ2) is 5.53. The molecule has 0 radical (unpaired) electrons. The minimum absolute atomic E-state index is 0.627. The molecule has 2 heteroatoms. The molecule has 0 unspecified atom stereocenters. The zero-order chi connectivity index (χ0) is 13.2. The summed E-state index contributed by atoms with van der Waals surface area (Å²) >= 11 is 2.39. The summed E-state index contributed by atoms with van der Waals surface area (Å²) in [5, 5.41) is 3.65. The third-order valence-electron chi connectivity index (χ3n) is 3.92. The summed E-state index contributed by atoms with van der Waals surface area (Å²) in [6, 6.07) is 18.1. The number of hydrogen-bond donors (Lipinski definition) is 1. The highest BCUT2D eigenvalue weighted by Crippen LogP contribution is 2.38. The van der Waals surface area contributed by atoms with E-state index in [0.717, 1.165) is 5.92 Å². The zero-order valence-electron chi connectivity index (χ0n) is 11.1. The van der Waals surface area contributed by atoms with Crippen LogP contribution in [0, 0.1) is 10.5 Å². The molecular formula is C17H18IN. The maximum Gasteiger partial charge on any atom is 0.0478 e. The van der Waals surface area contributed by atoms with Crippen molar-refractivity contribution < 1.29 is 0 Å². The van der Waals surface area contributed by atoms with Crippen molar-refractivity contribution in [2.75, 3.05) is 5.32 Å². The molecule has 1 saturated carbocycles. The van der Waals surface area contributed by atoms with Gasteiger partial charge in [0.2, 0.25) is 0 Å². The van der Waals surface area contributed by atoms with E-state index in [1.807, 2.05) is 0 Å². The van der Waals surface area contributed by atoms with Crippen molar-refractivity contribution in [3.8, 4) is 0 Å². The predicted molar refractivity (Wildman–Crippen MR) is 89.7 cm³/mol. The van der Waals surface area contributed by atoms with E-state index in [0.29, 0.717) is 6.04 Å². The number of anilines is 1. The minimum Gasteiger partial charge on any atom is -0.381 e. The maximum atomic E-state index is 3.65. The van der Waals surface area contributed by atoms with E-state index in [-0.39, 0.29) is 0 Å². The van der Waals surface area contributed by atoms with Crippen molar-refractivity contribution in [1.29, 1.82) is 0 Å². The van der Waals surface area contributed by atoms with Crippen molar-refractivity contribution in [2.24, 2.45) is 0 Å². The Hall–Kier alpha value is -1.03. The Kier molecular flexibility index (Phi) is 3.78. The first kappa shape index (κ1) is 13.0. The predicted octanol–water partition coefficient (Wildman–Crippen LogP) is 4.96. The molecule has 2 aromatic carbocycles. The van der Waals surface area contributed by atoms with Crippen molar-refractivity contribution in [3.05, 3.63) is 63.2 Å². The van der Waals surface area contributed by atoms with E-state index < -0.39 is 0 Å². The Balaban J connectivity index is 1.58. The van der Waals surface area contributed by atoms with Crippen LogP contribution in [0.3, 0.4) is 0 Å². The molecule has 0 aromatic heterocycles. The third-order valence-corrected chi connectivity index (χ3v) is 4.86. The highest BCUT2D eigenvalue weighted by atomic mass is 127. The molecule has 1 N–H and O–H groups in total. The number of aryl methyl sites for hydroxylation is 1. The fourth-order valence-electron chi connectivity index (χ4n) is 2.64. The van der Waals surface area contributed by atoms with Gasteiger partial charge in [-0.1, -0.05) is 42.0 Å². The molecule has 1 nitrogen and oxygen atoms in total. The van der Waals surface area contributed by atoms with E-state index in [4.69, 9.17) is 0 Å². The smallest absolute Gasteiger partial charge is 0.0478 e. The topological polar surface area (TPSA) is 12.0 Å². The van der Waals surface area contributed by atoms with Crippen LogP contribution in [0.2, 0.25) is 0 Å². The molecule has 3 rings (SSSR count). The van der Waals surface area contributed by atoms with Crippen LogP contribution in [0.25, 0.3) is 0 Å². The minimum atomic E-state index is 0.627. The molecule has 0 heterocycles. The molecule has 0 amide bonds. The summed E-state index contributed by atoms with van der Waals surface area (Å²) < 4.78 is 1.30. The number of para-hydroxylation sites is 1. The maximum absolute atomic E-state index is 3.65. The average Bonchev–Trinajstić information content (AvgIpc) is 2.37. The summed E-state index contributed by atoms with van der Waals surface area (Å²) in [7, 11) is 0. The van der Waals surface area contributed by atoms with Crippen LogP contribution in [0.15, 0.2) is 48.5 Å². The van der Waals surface area contributed by atoms with Gasteiger partial charge in [-0.25, -0.2) is 0 Å². The Morgan fingerprint density at radius 1 is 1.00 bits per heavy atom. The molecule has 1 aliphatic carbocycles. The standard InChI is InChI=1S/C17H18IN/c1-12-6-8-13(9-7-12)14-10-15(11-14)19-17-5-3-2-4-16(17)18/h2-9,14-15,19H,10-11H2,1H3. The summed E-state index contributed by atoms with van der Waals surface area (Å²) in [4.78, 5) is 0. The van der Waals surface area contributed by atoms with Gasteiger partial charge in [0.15, 0.2) is 0 Å². The second-order valence-corrected chi connectivity index (χ2v) is 6.56. The lowest BCUT2D eigenvalue weighted by Crippen LogP contribution is -2.34. The van der Waals surface area contributed by atoms with Crippen LogP contribution < -0.4 is 5.32 Å². The van der Waals surface area contributed by atoms with Gasteiger partial charge in [0.1, 0.15) is 0 Å². The summed E-state index contributed by atoms with van der Waals surface area (Å²) in [5.41, 5.74) is 4.11.